The summed E-state index contributed by atoms with van der Waals surface area (Å²) >= 11 is 0. The molecule has 2 aromatic rings. The Bertz CT molecular complexity index is 595. The second-order valence-electron chi connectivity index (χ2n) is 4.49. The van der Waals surface area contributed by atoms with Gasteiger partial charge in [0.25, 0.3) is 0 Å². The van der Waals surface area contributed by atoms with Gasteiger partial charge in [-0.3, -0.25) is 9.98 Å². The summed E-state index contributed by atoms with van der Waals surface area (Å²) in [5, 5.41) is 0. The molecule has 0 saturated carbocycles. The number of pyridine rings is 1. The fraction of sp³-hybridized carbons (Fsp3) is 0.200. The van der Waals surface area contributed by atoms with Crippen molar-refractivity contribution in [3.05, 3.63) is 64.5 Å². The van der Waals surface area contributed by atoms with E-state index in [9.17, 15) is 0 Å². The van der Waals surface area contributed by atoms with Crippen LogP contribution in [0.25, 0.3) is 0 Å². The van der Waals surface area contributed by atoms with Gasteiger partial charge in [-0.2, -0.15) is 0 Å². The first kappa shape index (κ1) is 10.2. The Morgan fingerprint density at radius 2 is 1.71 bits per heavy atom. The lowest BCUT2D eigenvalue weighted by Gasteiger charge is -2.04. The summed E-state index contributed by atoms with van der Waals surface area (Å²) < 4.78 is 0. The Balaban J connectivity index is 2.08. The normalized spacial score (nSPS) is 13.4. The fourth-order valence-corrected chi connectivity index (χ4v) is 2.10. The van der Waals surface area contributed by atoms with Gasteiger partial charge >= 0.3 is 0 Å². The second kappa shape index (κ2) is 3.81. The number of aliphatic imine (C=N–C) groups is 1. The van der Waals surface area contributed by atoms with Gasteiger partial charge in [0.15, 0.2) is 0 Å². The highest BCUT2D eigenvalue weighted by atomic mass is 14.8. The molecule has 0 radical (unpaired) electrons. The summed E-state index contributed by atoms with van der Waals surface area (Å²) in [6.45, 7) is 4.87. The van der Waals surface area contributed by atoms with Crippen molar-refractivity contribution in [1.82, 2.24) is 4.98 Å². The van der Waals surface area contributed by atoms with Crippen molar-refractivity contribution in [3.63, 3.8) is 0 Å². The van der Waals surface area contributed by atoms with Crippen molar-refractivity contribution in [3.8, 4) is 0 Å². The molecule has 2 heterocycles. The Morgan fingerprint density at radius 3 is 2.47 bits per heavy atom. The monoisotopic (exact) mass is 222 g/mol. The van der Waals surface area contributed by atoms with Crippen molar-refractivity contribution >= 4 is 5.71 Å². The van der Waals surface area contributed by atoms with E-state index >= 15 is 0 Å². The third kappa shape index (κ3) is 1.76. The van der Waals surface area contributed by atoms with Gasteiger partial charge in [0.1, 0.15) is 0 Å². The van der Waals surface area contributed by atoms with Crippen molar-refractivity contribution in [2.24, 2.45) is 4.99 Å². The van der Waals surface area contributed by atoms with E-state index in [1.165, 1.54) is 11.1 Å². The maximum atomic E-state index is 4.60. The van der Waals surface area contributed by atoms with Gasteiger partial charge in [-0.05, 0) is 19.9 Å². The Morgan fingerprint density at radius 1 is 0.941 bits per heavy atom. The molecule has 0 unspecified atom stereocenters. The SMILES string of the molecule is Cc1ccc(C2=NCc3ccc(C)nc32)cc1. The maximum absolute atomic E-state index is 4.60. The summed E-state index contributed by atoms with van der Waals surface area (Å²) in [5.41, 5.74) is 6.78. The minimum absolute atomic E-state index is 0.756. The number of aryl methyl sites for hydroxylation is 2. The number of nitrogens with zero attached hydrogens (tertiary/aromatic N) is 2. The van der Waals surface area contributed by atoms with E-state index in [-0.39, 0.29) is 0 Å². The standard InChI is InChI=1S/C15H14N2/c1-10-3-6-12(7-4-10)14-15-13(9-16-14)8-5-11(2)17-15/h3-8H,9H2,1-2H3. The van der Waals surface area contributed by atoms with Gasteiger partial charge in [0, 0.05) is 16.8 Å². The molecule has 2 nitrogen and oxygen atoms in total. The molecule has 1 aliphatic rings. The quantitative estimate of drug-likeness (QED) is 0.728. The lowest BCUT2D eigenvalue weighted by atomic mass is 10.0. The molecule has 0 aliphatic carbocycles. The summed E-state index contributed by atoms with van der Waals surface area (Å²) in [6.07, 6.45) is 0. The highest BCUT2D eigenvalue weighted by Gasteiger charge is 2.18. The molecule has 1 aliphatic heterocycles. The minimum atomic E-state index is 0.756. The molecule has 0 saturated heterocycles. The molecule has 17 heavy (non-hydrogen) atoms. The molecule has 84 valence electrons. The Labute approximate surface area is 101 Å². The molecule has 3 rings (SSSR count). The number of hydrogen-bond acceptors (Lipinski definition) is 2. The van der Waals surface area contributed by atoms with Crippen LogP contribution in [0.2, 0.25) is 0 Å². The summed E-state index contributed by atoms with van der Waals surface area (Å²) in [4.78, 5) is 9.20. The Hall–Kier alpha value is -1.96. The van der Waals surface area contributed by atoms with Gasteiger partial charge < -0.3 is 0 Å². The molecule has 0 spiro atoms. The zero-order chi connectivity index (χ0) is 11.8. The lowest BCUT2D eigenvalue weighted by Crippen LogP contribution is -2.04. The summed E-state index contributed by atoms with van der Waals surface area (Å²) in [7, 11) is 0. The average Bonchev–Trinajstić information content (AvgIpc) is 2.73. The van der Waals surface area contributed by atoms with Gasteiger partial charge in [0.05, 0.1) is 18.0 Å². The predicted molar refractivity (Wildman–Crippen MR) is 69.5 cm³/mol. The average molecular weight is 222 g/mol. The summed E-state index contributed by atoms with van der Waals surface area (Å²) in [6, 6.07) is 12.6. The third-order valence-corrected chi connectivity index (χ3v) is 3.07. The van der Waals surface area contributed by atoms with E-state index in [2.05, 4.69) is 47.2 Å². The highest BCUT2D eigenvalue weighted by molar-refractivity contribution is 6.13. The zero-order valence-electron chi connectivity index (χ0n) is 10.1. The van der Waals surface area contributed by atoms with Gasteiger partial charge in [-0.15, -0.1) is 0 Å². The second-order valence-corrected chi connectivity index (χ2v) is 4.49. The molecule has 1 aromatic heterocycles. The van der Waals surface area contributed by atoms with Gasteiger partial charge in [0.2, 0.25) is 0 Å². The molecule has 2 heteroatoms. The molecule has 0 amide bonds. The van der Waals surface area contributed by atoms with E-state index in [0.717, 1.165) is 29.2 Å². The molecule has 0 atom stereocenters. The lowest BCUT2D eigenvalue weighted by molar-refractivity contribution is 1.08. The first-order chi connectivity index (χ1) is 8.24. The number of benzene rings is 1. The van der Waals surface area contributed by atoms with E-state index in [0.29, 0.717) is 0 Å². The number of rotatable bonds is 1. The van der Waals surface area contributed by atoms with E-state index in [1.54, 1.807) is 0 Å². The van der Waals surface area contributed by atoms with Crippen molar-refractivity contribution < 1.29 is 0 Å². The van der Waals surface area contributed by atoms with Crippen LogP contribution in [0.3, 0.4) is 0 Å². The van der Waals surface area contributed by atoms with Crippen LogP contribution in [0.15, 0.2) is 41.4 Å². The molecule has 0 N–H and O–H groups in total. The van der Waals surface area contributed by atoms with Gasteiger partial charge in [-0.1, -0.05) is 35.9 Å². The number of fused-ring (bicyclic) bond motifs is 1. The minimum Gasteiger partial charge on any atom is -0.278 e. The van der Waals surface area contributed by atoms with E-state index in [4.69, 9.17) is 0 Å². The molecular weight excluding hydrogens is 208 g/mol. The van der Waals surface area contributed by atoms with E-state index < -0.39 is 0 Å². The molecule has 1 aromatic carbocycles. The fourth-order valence-electron chi connectivity index (χ4n) is 2.10. The van der Waals surface area contributed by atoms with Crippen LogP contribution in [-0.4, -0.2) is 10.7 Å². The Kier molecular flexibility index (Phi) is 2.29. The number of hydrogen-bond donors (Lipinski definition) is 0. The van der Waals surface area contributed by atoms with Crippen LogP contribution < -0.4 is 0 Å². The predicted octanol–water partition coefficient (Wildman–Crippen LogP) is 3.05. The first-order valence-electron chi connectivity index (χ1n) is 5.82. The van der Waals surface area contributed by atoms with Crippen LogP contribution in [-0.2, 0) is 6.54 Å². The molecule has 0 fully saturated rings. The zero-order valence-corrected chi connectivity index (χ0v) is 10.1. The van der Waals surface area contributed by atoms with E-state index in [1.807, 2.05) is 13.0 Å². The van der Waals surface area contributed by atoms with Crippen LogP contribution in [0.1, 0.15) is 28.1 Å². The first-order valence-corrected chi connectivity index (χ1v) is 5.82. The topological polar surface area (TPSA) is 25.2 Å². The molecule has 0 bridgehead atoms. The van der Waals surface area contributed by atoms with Gasteiger partial charge in [-0.25, -0.2) is 0 Å². The van der Waals surface area contributed by atoms with Crippen LogP contribution in [0.4, 0.5) is 0 Å². The maximum Gasteiger partial charge on any atom is 0.0941 e. The van der Waals surface area contributed by atoms with Crippen LogP contribution >= 0.6 is 0 Å². The van der Waals surface area contributed by atoms with Crippen molar-refractivity contribution in [2.45, 2.75) is 20.4 Å². The van der Waals surface area contributed by atoms with Crippen molar-refractivity contribution in [1.29, 1.82) is 0 Å². The largest absolute Gasteiger partial charge is 0.278 e. The highest BCUT2D eigenvalue weighted by Crippen LogP contribution is 2.21. The number of aromatic nitrogens is 1. The van der Waals surface area contributed by atoms with Crippen LogP contribution in [0.5, 0.6) is 0 Å². The van der Waals surface area contributed by atoms with Crippen molar-refractivity contribution in [2.75, 3.05) is 0 Å². The smallest absolute Gasteiger partial charge is 0.0941 e. The molecular formula is C15H14N2. The summed E-state index contributed by atoms with van der Waals surface area (Å²) in [5.74, 6) is 0. The third-order valence-electron chi connectivity index (χ3n) is 3.07. The van der Waals surface area contributed by atoms with Crippen LogP contribution in [0, 0.1) is 13.8 Å².